The first-order chi connectivity index (χ1) is 8.16. The summed E-state index contributed by atoms with van der Waals surface area (Å²) in [4.78, 5) is 15.0. The third-order valence-electron chi connectivity index (χ3n) is 2.01. The van der Waals surface area contributed by atoms with Crippen LogP contribution in [0.2, 0.25) is 0 Å². The first-order valence-electron chi connectivity index (χ1n) is 4.71. The van der Waals surface area contributed by atoms with Crippen molar-refractivity contribution < 1.29 is 19.0 Å². The van der Waals surface area contributed by atoms with E-state index in [9.17, 15) is 9.18 Å². The van der Waals surface area contributed by atoms with Gasteiger partial charge in [0.1, 0.15) is 18.2 Å². The molecule has 0 aliphatic carbocycles. The molecule has 17 heavy (non-hydrogen) atoms. The number of ether oxygens (including phenoxy) is 1. The lowest BCUT2D eigenvalue weighted by Gasteiger charge is -2.04. The summed E-state index contributed by atoms with van der Waals surface area (Å²) in [7, 11) is 0. The summed E-state index contributed by atoms with van der Waals surface area (Å²) in [5.41, 5.74) is 1.42. The molecule has 1 aromatic carbocycles. The molecule has 1 aromatic heterocycles. The van der Waals surface area contributed by atoms with Crippen LogP contribution in [0.5, 0.6) is 5.75 Å². The van der Waals surface area contributed by atoms with E-state index in [2.05, 4.69) is 4.98 Å². The maximum Gasteiger partial charge on any atom is 0.355 e. The molecule has 0 saturated carbocycles. The van der Waals surface area contributed by atoms with Gasteiger partial charge in [-0.2, -0.15) is 0 Å². The fourth-order valence-corrected chi connectivity index (χ4v) is 1.92. The van der Waals surface area contributed by atoms with Crippen LogP contribution in [0.25, 0.3) is 0 Å². The molecule has 0 fully saturated rings. The van der Waals surface area contributed by atoms with Crippen LogP contribution in [0.3, 0.4) is 0 Å². The Labute approximate surface area is 100 Å². The van der Waals surface area contributed by atoms with Crippen molar-refractivity contribution in [2.24, 2.45) is 0 Å². The van der Waals surface area contributed by atoms with Gasteiger partial charge in [-0.25, -0.2) is 14.2 Å². The van der Waals surface area contributed by atoms with Crippen LogP contribution in [0.1, 0.15) is 15.4 Å². The summed E-state index contributed by atoms with van der Waals surface area (Å²) in [6.45, 7) is 0.0652. The maximum absolute atomic E-state index is 12.9. The van der Waals surface area contributed by atoms with Gasteiger partial charge in [-0.1, -0.05) is 6.07 Å². The van der Waals surface area contributed by atoms with Crippen LogP contribution in [-0.2, 0) is 6.61 Å². The molecule has 0 atom stereocenters. The van der Waals surface area contributed by atoms with Gasteiger partial charge < -0.3 is 9.84 Å². The molecule has 0 saturated heterocycles. The van der Waals surface area contributed by atoms with Crippen molar-refractivity contribution in [3.63, 3.8) is 0 Å². The molecule has 4 nitrogen and oxygen atoms in total. The molecular weight excluding hydrogens is 245 g/mol. The molecule has 6 heteroatoms. The molecular formula is C11H8FNO3S. The van der Waals surface area contributed by atoms with E-state index in [1.807, 2.05) is 0 Å². The standard InChI is InChI=1S/C11H8FNO3S/c12-7-2-1-3-8(4-7)16-5-9-10(11(14)15)13-6-17-9/h1-4,6H,5H2,(H,14,15). The van der Waals surface area contributed by atoms with Gasteiger partial charge in [0.15, 0.2) is 5.69 Å². The van der Waals surface area contributed by atoms with Gasteiger partial charge in [0.05, 0.1) is 10.4 Å². The minimum atomic E-state index is -1.09. The van der Waals surface area contributed by atoms with E-state index >= 15 is 0 Å². The van der Waals surface area contributed by atoms with Crippen molar-refractivity contribution in [3.8, 4) is 5.75 Å². The lowest BCUT2D eigenvalue weighted by atomic mass is 10.3. The monoisotopic (exact) mass is 253 g/mol. The summed E-state index contributed by atoms with van der Waals surface area (Å²) in [5.74, 6) is -1.14. The highest BCUT2D eigenvalue weighted by Crippen LogP contribution is 2.18. The number of nitrogens with zero attached hydrogens (tertiary/aromatic N) is 1. The Morgan fingerprint density at radius 2 is 2.35 bits per heavy atom. The predicted molar refractivity (Wildman–Crippen MR) is 59.8 cm³/mol. The van der Waals surface area contributed by atoms with Crippen LogP contribution >= 0.6 is 11.3 Å². The number of benzene rings is 1. The van der Waals surface area contributed by atoms with Crippen molar-refractivity contribution in [3.05, 3.63) is 46.2 Å². The summed E-state index contributed by atoms with van der Waals surface area (Å²) < 4.78 is 18.1. The zero-order valence-corrected chi connectivity index (χ0v) is 9.41. The van der Waals surface area contributed by atoms with Gasteiger partial charge in [0.2, 0.25) is 0 Å². The summed E-state index contributed by atoms with van der Waals surface area (Å²) in [6.07, 6.45) is 0. The molecule has 0 spiro atoms. The molecule has 0 bridgehead atoms. The molecule has 1 heterocycles. The Balaban J connectivity index is 2.07. The number of carboxylic acid groups (broad SMARTS) is 1. The van der Waals surface area contributed by atoms with Crippen LogP contribution in [-0.4, -0.2) is 16.1 Å². The van der Waals surface area contributed by atoms with Gasteiger partial charge in [-0.15, -0.1) is 11.3 Å². The van der Waals surface area contributed by atoms with Crippen molar-refractivity contribution >= 4 is 17.3 Å². The van der Waals surface area contributed by atoms with Gasteiger partial charge in [-0.05, 0) is 12.1 Å². The quantitative estimate of drug-likeness (QED) is 0.909. The number of hydrogen-bond acceptors (Lipinski definition) is 4. The van der Waals surface area contributed by atoms with Crippen LogP contribution in [0.4, 0.5) is 4.39 Å². The molecule has 0 amide bonds. The molecule has 0 aliphatic heterocycles. The van der Waals surface area contributed by atoms with Crippen molar-refractivity contribution in [2.75, 3.05) is 0 Å². The largest absolute Gasteiger partial charge is 0.488 e. The summed E-state index contributed by atoms with van der Waals surface area (Å²) in [6, 6.07) is 5.67. The first kappa shape index (κ1) is 11.5. The van der Waals surface area contributed by atoms with E-state index in [4.69, 9.17) is 9.84 Å². The van der Waals surface area contributed by atoms with E-state index in [-0.39, 0.29) is 12.3 Å². The molecule has 1 N–H and O–H groups in total. The van der Waals surface area contributed by atoms with Crippen LogP contribution < -0.4 is 4.74 Å². The lowest BCUT2D eigenvalue weighted by molar-refractivity contribution is 0.0688. The van der Waals surface area contributed by atoms with E-state index in [0.29, 0.717) is 10.6 Å². The number of carboxylic acids is 1. The number of rotatable bonds is 4. The molecule has 0 aliphatic rings. The van der Waals surface area contributed by atoms with Gasteiger partial charge in [-0.3, -0.25) is 0 Å². The van der Waals surface area contributed by atoms with Crippen molar-refractivity contribution in [1.82, 2.24) is 4.98 Å². The fourth-order valence-electron chi connectivity index (χ4n) is 1.25. The maximum atomic E-state index is 12.9. The minimum Gasteiger partial charge on any atom is -0.488 e. The Morgan fingerprint density at radius 3 is 3.06 bits per heavy atom. The highest BCUT2D eigenvalue weighted by Gasteiger charge is 2.13. The average molecular weight is 253 g/mol. The summed E-state index contributed by atoms with van der Waals surface area (Å²) >= 11 is 1.19. The zero-order valence-electron chi connectivity index (χ0n) is 8.59. The van der Waals surface area contributed by atoms with Gasteiger partial charge in [0, 0.05) is 6.07 Å². The molecule has 2 rings (SSSR count). The smallest absolute Gasteiger partial charge is 0.355 e. The number of thiazole rings is 1. The third kappa shape index (κ3) is 2.79. The molecule has 0 unspecified atom stereocenters. The van der Waals surface area contributed by atoms with Crippen LogP contribution in [0.15, 0.2) is 29.8 Å². The Kier molecular flexibility index (Phi) is 3.34. The van der Waals surface area contributed by atoms with E-state index in [0.717, 1.165) is 0 Å². The second kappa shape index (κ2) is 4.92. The Bertz CT molecular complexity index is 541. The number of aromatic nitrogens is 1. The minimum absolute atomic E-state index is 0.0218. The molecule has 88 valence electrons. The number of hydrogen-bond donors (Lipinski definition) is 1. The van der Waals surface area contributed by atoms with Crippen LogP contribution in [0, 0.1) is 5.82 Å². The van der Waals surface area contributed by atoms with Gasteiger partial charge in [0.25, 0.3) is 0 Å². The number of aromatic carboxylic acids is 1. The second-order valence-corrected chi connectivity index (χ2v) is 4.11. The topological polar surface area (TPSA) is 59.4 Å². The summed E-state index contributed by atoms with van der Waals surface area (Å²) in [5, 5.41) is 8.82. The first-order valence-corrected chi connectivity index (χ1v) is 5.59. The number of carbonyl (C=O) groups is 1. The fraction of sp³-hybridized carbons (Fsp3) is 0.0909. The highest BCUT2D eigenvalue weighted by molar-refractivity contribution is 7.09. The average Bonchev–Trinajstić information content (AvgIpc) is 2.74. The second-order valence-electron chi connectivity index (χ2n) is 3.18. The molecule has 0 radical (unpaired) electrons. The van der Waals surface area contributed by atoms with E-state index in [1.54, 1.807) is 6.07 Å². The van der Waals surface area contributed by atoms with Crippen molar-refractivity contribution in [2.45, 2.75) is 6.61 Å². The Morgan fingerprint density at radius 1 is 1.53 bits per heavy atom. The van der Waals surface area contributed by atoms with E-state index < -0.39 is 11.8 Å². The highest BCUT2D eigenvalue weighted by atomic mass is 32.1. The third-order valence-corrected chi connectivity index (χ3v) is 2.82. The Hall–Kier alpha value is -1.95. The lowest BCUT2D eigenvalue weighted by Crippen LogP contribution is -2.03. The van der Waals surface area contributed by atoms with E-state index in [1.165, 1.54) is 35.0 Å². The predicted octanol–water partition coefficient (Wildman–Crippen LogP) is 2.56. The zero-order chi connectivity index (χ0) is 12.3. The molecule has 2 aromatic rings. The van der Waals surface area contributed by atoms with Crippen molar-refractivity contribution in [1.29, 1.82) is 0 Å². The van der Waals surface area contributed by atoms with Gasteiger partial charge >= 0.3 is 5.97 Å². The SMILES string of the molecule is O=C(O)c1ncsc1COc1cccc(F)c1. The normalized spacial score (nSPS) is 10.2. The number of halogens is 1.